The first-order chi connectivity index (χ1) is 13.1. The third-order valence-electron chi connectivity index (χ3n) is 3.95. The van der Waals surface area contributed by atoms with Crippen LogP contribution >= 0.6 is 0 Å². The van der Waals surface area contributed by atoms with Crippen LogP contribution in [0.3, 0.4) is 0 Å². The summed E-state index contributed by atoms with van der Waals surface area (Å²) in [6, 6.07) is 12.2. The summed E-state index contributed by atoms with van der Waals surface area (Å²) in [6.07, 6.45) is 3.82. The predicted molar refractivity (Wildman–Crippen MR) is 101 cm³/mol. The van der Waals surface area contributed by atoms with E-state index in [0.29, 0.717) is 35.7 Å². The maximum atomic E-state index is 12.7. The Labute approximate surface area is 157 Å². The average Bonchev–Trinajstić information content (AvgIpc) is 3.13. The molecule has 7 heteroatoms. The van der Waals surface area contributed by atoms with Crippen LogP contribution in [0, 0.1) is 0 Å². The van der Waals surface area contributed by atoms with Gasteiger partial charge in [-0.25, -0.2) is 14.5 Å². The summed E-state index contributed by atoms with van der Waals surface area (Å²) in [6.45, 7) is 3.99. The molecule has 0 saturated heterocycles. The first-order valence-electron chi connectivity index (χ1n) is 8.70. The van der Waals surface area contributed by atoms with Crippen molar-refractivity contribution in [1.82, 2.24) is 14.8 Å². The Kier molecular flexibility index (Phi) is 5.61. The molecule has 0 unspecified atom stereocenters. The number of carbonyl (C=O) groups excluding carboxylic acids is 2. The van der Waals surface area contributed by atoms with E-state index in [2.05, 4.69) is 15.4 Å². The number of pyridine rings is 1. The van der Waals surface area contributed by atoms with E-state index >= 15 is 0 Å². The van der Waals surface area contributed by atoms with Crippen molar-refractivity contribution in [2.45, 2.75) is 20.3 Å². The van der Waals surface area contributed by atoms with Gasteiger partial charge in [0.05, 0.1) is 29.6 Å². The van der Waals surface area contributed by atoms with Gasteiger partial charge in [-0.05, 0) is 43.7 Å². The van der Waals surface area contributed by atoms with Crippen LogP contribution in [0.5, 0.6) is 0 Å². The molecule has 0 aliphatic rings. The second-order valence-electron chi connectivity index (χ2n) is 5.71. The Morgan fingerprint density at radius 2 is 2.00 bits per heavy atom. The molecule has 2 aromatic heterocycles. The summed E-state index contributed by atoms with van der Waals surface area (Å²) in [5.74, 6) is -0.0708. The number of rotatable bonds is 6. The molecule has 0 atom stereocenters. The van der Waals surface area contributed by atoms with Crippen LogP contribution in [0.1, 0.15) is 40.3 Å². The van der Waals surface area contributed by atoms with Crippen LogP contribution in [-0.2, 0) is 11.2 Å². The second-order valence-corrected chi connectivity index (χ2v) is 5.71. The summed E-state index contributed by atoms with van der Waals surface area (Å²) in [4.78, 5) is 28.9. The molecule has 0 aliphatic heterocycles. The van der Waals surface area contributed by atoms with Gasteiger partial charge in [-0.2, -0.15) is 5.10 Å². The van der Waals surface area contributed by atoms with Gasteiger partial charge in [0.1, 0.15) is 0 Å². The van der Waals surface area contributed by atoms with Gasteiger partial charge < -0.3 is 10.1 Å². The molecular formula is C20H20N4O3. The zero-order chi connectivity index (χ0) is 19.2. The fourth-order valence-corrected chi connectivity index (χ4v) is 2.72. The summed E-state index contributed by atoms with van der Waals surface area (Å²) < 4.78 is 6.65. The van der Waals surface area contributed by atoms with E-state index in [1.807, 2.05) is 25.1 Å². The van der Waals surface area contributed by atoms with Gasteiger partial charge in [-0.1, -0.05) is 19.1 Å². The number of nitrogens with zero attached hydrogens (tertiary/aromatic N) is 3. The highest BCUT2D eigenvalue weighted by atomic mass is 16.5. The highest BCUT2D eigenvalue weighted by Crippen LogP contribution is 2.17. The molecule has 0 spiro atoms. The minimum atomic E-state index is -0.425. The maximum absolute atomic E-state index is 12.7. The van der Waals surface area contributed by atoms with Gasteiger partial charge >= 0.3 is 5.97 Å². The predicted octanol–water partition coefficient (Wildman–Crippen LogP) is 3.26. The van der Waals surface area contributed by atoms with Crippen molar-refractivity contribution in [3.8, 4) is 5.82 Å². The molecule has 138 valence electrons. The van der Waals surface area contributed by atoms with Crippen LogP contribution < -0.4 is 5.32 Å². The van der Waals surface area contributed by atoms with Crippen LogP contribution in [-0.4, -0.2) is 33.2 Å². The Balaban J connectivity index is 1.84. The number of ether oxygens (including phenoxy) is 1. The smallest absolute Gasteiger partial charge is 0.338 e. The van der Waals surface area contributed by atoms with Crippen LogP contribution in [0.2, 0.25) is 0 Å². The van der Waals surface area contributed by atoms with Gasteiger partial charge in [-0.15, -0.1) is 0 Å². The number of benzene rings is 1. The Bertz CT molecular complexity index is 951. The molecule has 3 aromatic rings. The highest BCUT2D eigenvalue weighted by molar-refractivity contribution is 6.05. The Hall–Kier alpha value is -3.48. The quantitative estimate of drug-likeness (QED) is 0.679. The molecule has 0 aliphatic carbocycles. The van der Waals surface area contributed by atoms with E-state index in [0.717, 1.165) is 5.69 Å². The van der Waals surface area contributed by atoms with Crippen molar-refractivity contribution < 1.29 is 14.3 Å². The van der Waals surface area contributed by atoms with Crippen molar-refractivity contribution in [3.63, 3.8) is 0 Å². The lowest BCUT2D eigenvalue weighted by Crippen LogP contribution is -2.15. The molecule has 2 heterocycles. The van der Waals surface area contributed by atoms with E-state index in [4.69, 9.17) is 4.74 Å². The summed E-state index contributed by atoms with van der Waals surface area (Å²) in [5, 5.41) is 7.12. The molecule has 0 fully saturated rings. The summed E-state index contributed by atoms with van der Waals surface area (Å²) in [7, 11) is 0. The SMILES string of the molecule is CCOC(=O)c1cccc(NC(=O)c2cnn(-c3ccccn3)c2CC)c1. The van der Waals surface area contributed by atoms with Crippen molar-refractivity contribution in [2.75, 3.05) is 11.9 Å². The van der Waals surface area contributed by atoms with Crippen LogP contribution in [0.15, 0.2) is 54.9 Å². The molecule has 7 nitrogen and oxygen atoms in total. The number of hydrogen-bond donors (Lipinski definition) is 1. The van der Waals surface area contributed by atoms with Gasteiger partial charge in [0.15, 0.2) is 5.82 Å². The molecule has 1 N–H and O–H groups in total. The number of amides is 1. The van der Waals surface area contributed by atoms with Crippen LogP contribution in [0.25, 0.3) is 5.82 Å². The highest BCUT2D eigenvalue weighted by Gasteiger charge is 2.18. The molecular weight excluding hydrogens is 344 g/mol. The van der Waals surface area contributed by atoms with Crippen molar-refractivity contribution in [1.29, 1.82) is 0 Å². The lowest BCUT2D eigenvalue weighted by Gasteiger charge is -2.09. The summed E-state index contributed by atoms with van der Waals surface area (Å²) >= 11 is 0. The second kappa shape index (κ2) is 8.27. The van der Waals surface area contributed by atoms with Crippen molar-refractivity contribution in [3.05, 3.63) is 71.7 Å². The molecule has 0 radical (unpaired) electrons. The third-order valence-corrected chi connectivity index (χ3v) is 3.95. The monoisotopic (exact) mass is 364 g/mol. The fraction of sp³-hybridized carbons (Fsp3) is 0.200. The number of esters is 1. The molecule has 0 saturated carbocycles. The molecule has 3 rings (SSSR count). The van der Waals surface area contributed by atoms with Gasteiger partial charge in [-0.3, -0.25) is 4.79 Å². The number of hydrogen-bond acceptors (Lipinski definition) is 5. The van der Waals surface area contributed by atoms with E-state index in [9.17, 15) is 9.59 Å². The van der Waals surface area contributed by atoms with E-state index < -0.39 is 5.97 Å². The lowest BCUT2D eigenvalue weighted by atomic mass is 10.1. The molecule has 1 aromatic carbocycles. The van der Waals surface area contributed by atoms with Gasteiger partial charge in [0, 0.05) is 11.9 Å². The first-order valence-corrected chi connectivity index (χ1v) is 8.70. The molecule has 1 amide bonds. The van der Waals surface area contributed by atoms with Gasteiger partial charge in [0.2, 0.25) is 0 Å². The zero-order valence-electron chi connectivity index (χ0n) is 15.2. The summed E-state index contributed by atoms with van der Waals surface area (Å²) in [5.41, 5.74) is 2.12. The Morgan fingerprint density at radius 1 is 1.15 bits per heavy atom. The average molecular weight is 364 g/mol. The third kappa shape index (κ3) is 4.03. The Morgan fingerprint density at radius 3 is 2.70 bits per heavy atom. The number of aromatic nitrogens is 3. The molecule has 27 heavy (non-hydrogen) atoms. The largest absolute Gasteiger partial charge is 0.462 e. The van der Waals surface area contributed by atoms with E-state index in [-0.39, 0.29) is 5.91 Å². The van der Waals surface area contributed by atoms with Crippen molar-refractivity contribution >= 4 is 17.6 Å². The number of carbonyl (C=O) groups is 2. The molecule has 0 bridgehead atoms. The minimum Gasteiger partial charge on any atom is -0.462 e. The standard InChI is InChI=1S/C20H20N4O3/c1-3-17-16(13-22-24(17)18-10-5-6-11-21-18)19(25)23-15-9-7-8-14(12-15)20(26)27-4-2/h5-13H,3-4H2,1-2H3,(H,23,25). The first kappa shape index (κ1) is 18.3. The minimum absolute atomic E-state index is 0.294. The number of nitrogens with one attached hydrogen (secondary N) is 1. The van der Waals surface area contributed by atoms with Crippen molar-refractivity contribution in [2.24, 2.45) is 0 Å². The maximum Gasteiger partial charge on any atom is 0.338 e. The zero-order valence-corrected chi connectivity index (χ0v) is 15.2. The van der Waals surface area contributed by atoms with Crippen LogP contribution in [0.4, 0.5) is 5.69 Å². The van der Waals surface area contributed by atoms with Gasteiger partial charge in [0.25, 0.3) is 5.91 Å². The van der Waals surface area contributed by atoms with E-state index in [1.54, 1.807) is 42.1 Å². The number of anilines is 1. The topological polar surface area (TPSA) is 86.1 Å². The lowest BCUT2D eigenvalue weighted by molar-refractivity contribution is 0.0526. The normalized spacial score (nSPS) is 10.4. The fourth-order valence-electron chi connectivity index (χ4n) is 2.72. The van der Waals surface area contributed by atoms with E-state index in [1.165, 1.54) is 6.20 Å².